The molecule has 0 aromatic heterocycles. The van der Waals surface area contributed by atoms with Crippen LogP contribution in [-0.2, 0) is 10.7 Å². The van der Waals surface area contributed by atoms with E-state index in [4.69, 9.17) is 20.2 Å². The molecule has 6 heteroatoms. The van der Waals surface area contributed by atoms with Crippen LogP contribution in [0.4, 0.5) is 0 Å². The van der Waals surface area contributed by atoms with Crippen LogP contribution >= 0.6 is 7.60 Å². The average Bonchev–Trinajstić information content (AvgIpc) is 2.63. The predicted octanol–water partition coefficient (Wildman–Crippen LogP) is 4.82. The van der Waals surface area contributed by atoms with Crippen molar-refractivity contribution >= 4 is 13.4 Å². The number of para-hydroxylation sites is 2. The van der Waals surface area contributed by atoms with E-state index in [0.717, 1.165) is 5.56 Å². The van der Waals surface area contributed by atoms with Gasteiger partial charge in [0.25, 0.3) is 0 Å². The van der Waals surface area contributed by atoms with Gasteiger partial charge in [0.15, 0.2) is 0 Å². The first-order valence-electron chi connectivity index (χ1n) is 8.06. The number of nitrogens with one attached hydrogen (secondary N) is 1. The maximum absolute atomic E-state index is 13.4. The maximum Gasteiger partial charge on any atom is 0.435 e. The van der Waals surface area contributed by atoms with Crippen LogP contribution in [0, 0.1) is 5.41 Å². The van der Waals surface area contributed by atoms with Crippen LogP contribution in [0.2, 0.25) is 0 Å². The molecule has 0 amide bonds. The van der Waals surface area contributed by atoms with Gasteiger partial charge in [-0.25, -0.2) is 4.57 Å². The zero-order chi connectivity index (χ0) is 18.4. The molecule has 0 bridgehead atoms. The van der Waals surface area contributed by atoms with E-state index in [9.17, 15) is 4.57 Å². The van der Waals surface area contributed by atoms with Crippen LogP contribution < -0.4 is 14.8 Å². The second-order valence-corrected chi connectivity index (χ2v) is 7.59. The number of hydrogen-bond acceptors (Lipinski definition) is 4. The monoisotopic (exact) mass is 366 g/mol. The lowest BCUT2D eigenvalue weighted by molar-refractivity contribution is 0.384. The first kappa shape index (κ1) is 17.8. The van der Waals surface area contributed by atoms with E-state index in [2.05, 4.69) is 0 Å². The van der Waals surface area contributed by atoms with E-state index in [1.54, 1.807) is 48.5 Å². The Morgan fingerprint density at radius 2 is 1.27 bits per heavy atom. The van der Waals surface area contributed by atoms with Gasteiger partial charge in [0, 0.05) is 5.56 Å². The summed E-state index contributed by atoms with van der Waals surface area (Å²) in [7, 11) is -3.51. The Balaban J connectivity index is 1.86. The van der Waals surface area contributed by atoms with Crippen molar-refractivity contribution in [2.24, 2.45) is 5.73 Å². The molecule has 0 fully saturated rings. The molecular weight excluding hydrogens is 347 g/mol. The third-order valence-electron chi connectivity index (χ3n) is 3.62. The van der Waals surface area contributed by atoms with E-state index in [-0.39, 0.29) is 12.0 Å². The van der Waals surface area contributed by atoms with Crippen LogP contribution in [0.5, 0.6) is 11.5 Å². The Bertz CT molecular complexity index is 867. The molecule has 3 aromatic rings. The first-order chi connectivity index (χ1) is 12.5. The fourth-order valence-electron chi connectivity index (χ4n) is 2.38. The van der Waals surface area contributed by atoms with Gasteiger partial charge in [0.05, 0.1) is 6.16 Å². The number of hydrogen-bond donors (Lipinski definition) is 2. The van der Waals surface area contributed by atoms with Crippen LogP contribution in [0.15, 0.2) is 84.9 Å². The minimum absolute atomic E-state index is 0.0131. The van der Waals surface area contributed by atoms with Gasteiger partial charge in [0.2, 0.25) is 0 Å². The smallest absolute Gasteiger partial charge is 0.416 e. The van der Waals surface area contributed by atoms with Crippen LogP contribution in [-0.4, -0.2) is 5.84 Å². The highest BCUT2D eigenvalue weighted by molar-refractivity contribution is 7.53. The lowest BCUT2D eigenvalue weighted by atomic mass is 10.1. The molecule has 0 atom stereocenters. The lowest BCUT2D eigenvalue weighted by Crippen LogP contribution is -2.11. The summed E-state index contributed by atoms with van der Waals surface area (Å²) in [6.07, 6.45) is 0.0922. The molecule has 0 unspecified atom stereocenters. The topological polar surface area (TPSA) is 85.4 Å². The number of benzene rings is 3. The zero-order valence-electron chi connectivity index (χ0n) is 14.0. The molecule has 3 rings (SSSR count). The first-order valence-corrected chi connectivity index (χ1v) is 9.79. The van der Waals surface area contributed by atoms with E-state index in [1.807, 2.05) is 36.4 Å². The number of nitrogens with two attached hydrogens (primary N) is 1. The molecule has 0 saturated carbocycles. The Kier molecular flexibility index (Phi) is 5.40. The van der Waals surface area contributed by atoms with Crippen molar-refractivity contribution in [3.63, 3.8) is 0 Å². The van der Waals surface area contributed by atoms with Gasteiger partial charge in [-0.3, -0.25) is 5.41 Å². The highest BCUT2D eigenvalue weighted by Crippen LogP contribution is 2.51. The fraction of sp³-hybridized carbons (Fsp3) is 0.0500. The Labute approximate surface area is 152 Å². The molecule has 3 N–H and O–H groups in total. The van der Waals surface area contributed by atoms with Crippen molar-refractivity contribution in [1.82, 2.24) is 0 Å². The quantitative estimate of drug-likeness (QED) is 0.357. The molecule has 0 aliphatic carbocycles. The summed E-state index contributed by atoms with van der Waals surface area (Å²) >= 11 is 0. The summed E-state index contributed by atoms with van der Waals surface area (Å²) in [6, 6.07) is 24.9. The highest BCUT2D eigenvalue weighted by atomic mass is 31.2. The summed E-state index contributed by atoms with van der Waals surface area (Å²) < 4.78 is 24.9. The minimum Gasteiger partial charge on any atom is -0.416 e. The number of rotatable bonds is 7. The molecule has 0 aliphatic heterocycles. The molecule has 26 heavy (non-hydrogen) atoms. The number of amidine groups is 1. The fourth-order valence-corrected chi connectivity index (χ4v) is 4.09. The lowest BCUT2D eigenvalue weighted by Gasteiger charge is -2.20. The van der Waals surface area contributed by atoms with Gasteiger partial charge in [-0.2, -0.15) is 0 Å². The molecule has 0 aliphatic rings. The van der Waals surface area contributed by atoms with Crippen LogP contribution in [0.25, 0.3) is 0 Å². The molecule has 0 saturated heterocycles. The van der Waals surface area contributed by atoms with Gasteiger partial charge < -0.3 is 14.8 Å². The van der Waals surface area contributed by atoms with Gasteiger partial charge in [-0.1, -0.05) is 60.7 Å². The van der Waals surface area contributed by atoms with Gasteiger partial charge in [-0.05, 0) is 29.8 Å². The Morgan fingerprint density at radius 1 is 0.808 bits per heavy atom. The summed E-state index contributed by atoms with van der Waals surface area (Å²) in [5.41, 5.74) is 6.85. The molecule has 132 valence electrons. The molecule has 0 heterocycles. The Morgan fingerprint density at radius 3 is 1.69 bits per heavy atom. The van der Waals surface area contributed by atoms with E-state index >= 15 is 0 Å². The van der Waals surface area contributed by atoms with Crippen molar-refractivity contribution in [2.75, 3.05) is 0 Å². The summed E-state index contributed by atoms with van der Waals surface area (Å²) in [5.74, 6) is 0.944. The predicted molar refractivity (Wildman–Crippen MR) is 103 cm³/mol. The van der Waals surface area contributed by atoms with E-state index < -0.39 is 7.60 Å². The number of nitrogen functional groups attached to an aromatic ring is 1. The van der Waals surface area contributed by atoms with Gasteiger partial charge in [0.1, 0.15) is 17.3 Å². The summed E-state index contributed by atoms with van der Waals surface area (Å²) in [4.78, 5) is 0. The summed E-state index contributed by atoms with van der Waals surface area (Å²) in [5, 5.41) is 7.46. The van der Waals surface area contributed by atoms with E-state index in [0.29, 0.717) is 17.1 Å². The van der Waals surface area contributed by atoms with Crippen molar-refractivity contribution < 1.29 is 13.6 Å². The molecular formula is C20H19N2O3P. The normalized spacial score (nSPS) is 10.9. The van der Waals surface area contributed by atoms with E-state index in [1.165, 1.54) is 0 Å². The molecule has 0 spiro atoms. The van der Waals surface area contributed by atoms with Crippen LogP contribution in [0.3, 0.4) is 0 Å². The largest absolute Gasteiger partial charge is 0.435 e. The summed E-state index contributed by atoms with van der Waals surface area (Å²) in [6.45, 7) is 0. The van der Waals surface area contributed by atoms with Crippen molar-refractivity contribution in [2.45, 2.75) is 6.16 Å². The maximum atomic E-state index is 13.4. The molecule has 5 nitrogen and oxygen atoms in total. The third kappa shape index (κ3) is 4.74. The third-order valence-corrected chi connectivity index (χ3v) is 5.35. The zero-order valence-corrected chi connectivity index (χ0v) is 14.9. The van der Waals surface area contributed by atoms with Crippen molar-refractivity contribution in [3.8, 4) is 11.5 Å². The molecule has 0 radical (unpaired) electrons. The SMILES string of the molecule is N=C(N)c1ccc(CP(=O)(Oc2ccccc2)Oc2ccccc2)cc1. The molecule has 3 aromatic carbocycles. The van der Waals surface area contributed by atoms with Gasteiger partial charge in [-0.15, -0.1) is 0 Å². The minimum atomic E-state index is -3.51. The highest BCUT2D eigenvalue weighted by Gasteiger charge is 2.29. The van der Waals surface area contributed by atoms with Crippen molar-refractivity contribution in [1.29, 1.82) is 5.41 Å². The van der Waals surface area contributed by atoms with Gasteiger partial charge >= 0.3 is 7.60 Å². The van der Waals surface area contributed by atoms with Crippen LogP contribution in [0.1, 0.15) is 11.1 Å². The second kappa shape index (κ2) is 7.89. The average molecular weight is 366 g/mol. The standard InChI is InChI=1S/C20H19N2O3P/c21-20(22)17-13-11-16(12-14-17)15-26(23,24-18-7-3-1-4-8-18)25-19-9-5-2-6-10-19/h1-14H,15H2,(H3,21,22). The van der Waals surface area contributed by atoms with Crippen molar-refractivity contribution in [3.05, 3.63) is 96.1 Å². The second-order valence-electron chi connectivity index (χ2n) is 5.69. The Hall–Kier alpha value is -3.04.